The molecule has 0 saturated carbocycles. The third kappa shape index (κ3) is 24.1. The number of aliphatic hydroxyl groups excluding tert-OH is 1. The molecule has 35 heavy (non-hydrogen) atoms. The van der Waals surface area contributed by atoms with Crippen LogP contribution in [0.4, 0.5) is 0 Å². The molecule has 212 valence electrons. The summed E-state index contributed by atoms with van der Waals surface area (Å²) in [7, 11) is 3.34. The van der Waals surface area contributed by atoms with Crippen LogP contribution in [-0.2, 0) is 18.3 Å². The Morgan fingerprint density at radius 1 is 0.743 bits per heavy atom. The fourth-order valence-corrected chi connectivity index (χ4v) is 5.26. The van der Waals surface area contributed by atoms with Gasteiger partial charge >= 0.3 is 7.82 Å². The van der Waals surface area contributed by atoms with Crippen LogP contribution >= 0.6 is 7.82 Å². The van der Waals surface area contributed by atoms with E-state index in [2.05, 4.69) is 6.92 Å². The van der Waals surface area contributed by atoms with Gasteiger partial charge in [0.2, 0.25) is 0 Å². The SMILES string of the molecule is CCCCCCCCCCCCCCCCCCC(C[N+](C)(C)C)OP(=O)(O)OCC(CO)OC. The largest absolute Gasteiger partial charge is 0.472 e. The average molecular weight is 525 g/mol. The maximum absolute atomic E-state index is 12.4. The minimum atomic E-state index is -4.21. The van der Waals surface area contributed by atoms with Gasteiger partial charge in [0.05, 0.1) is 34.4 Å². The summed E-state index contributed by atoms with van der Waals surface area (Å²) in [6, 6.07) is 0. The quantitative estimate of drug-likeness (QED) is 0.0731. The fraction of sp³-hybridized carbons (Fsp3) is 1.00. The Bertz CT molecular complexity index is 510. The molecule has 0 aromatic carbocycles. The minimum Gasteiger partial charge on any atom is -0.394 e. The highest BCUT2D eigenvalue weighted by molar-refractivity contribution is 7.47. The van der Waals surface area contributed by atoms with Crippen LogP contribution in [0.15, 0.2) is 0 Å². The smallest absolute Gasteiger partial charge is 0.394 e. The third-order valence-electron chi connectivity index (χ3n) is 6.37. The number of methoxy groups -OCH3 is 1. The lowest BCUT2D eigenvalue weighted by atomic mass is 10.0. The number of quaternary nitrogens is 1. The number of hydrogen-bond donors (Lipinski definition) is 2. The molecule has 8 heteroatoms. The van der Waals surface area contributed by atoms with Gasteiger partial charge in [-0.15, -0.1) is 0 Å². The fourth-order valence-electron chi connectivity index (χ4n) is 4.30. The van der Waals surface area contributed by atoms with Crippen LogP contribution in [-0.4, -0.2) is 74.7 Å². The van der Waals surface area contributed by atoms with Crippen LogP contribution in [0.2, 0.25) is 0 Å². The number of likely N-dealkylation sites (N-methyl/N-ethyl adjacent to an activating group) is 1. The van der Waals surface area contributed by atoms with E-state index in [0.29, 0.717) is 11.0 Å². The highest BCUT2D eigenvalue weighted by Gasteiger charge is 2.30. The van der Waals surface area contributed by atoms with Gasteiger partial charge in [-0.05, 0) is 6.42 Å². The molecule has 0 aromatic rings. The first-order valence-corrected chi connectivity index (χ1v) is 15.7. The van der Waals surface area contributed by atoms with E-state index in [4.69, 9.17) is 18.9 Å². The van der Waals surface area contributed by atoms with Crippen molar-refractivity contribution in [1.29, 1.82) is 0 Å². The van der Waals surface area contributed by atoms with Gasteiger partial charge in [-0.1, -0.05) is 110 Å². The van der Waals surface area contributed by atoms with Crippen molar-refractivity contribution in [2.24, 2.45) is 0 Å². The second-order valence-electron chi connectivity index (χ2n) is 11.1. The van der Waals surface area contributed by atoms with Crippen molar-refractivity contribution < 1.29 is 32.8 Å². The van der Waals surface area contributed by atoms with Crippen LogP contribution in [0.5, 0.6) is 0 Å². The topological polar surface area (TPSA) is 85.2 Å². The number of phosphoric acid groups is 1. The molecular formula is C27H59NO6P+. The maximum atomic E-state index is 12.4. The van der Waals surface area contributed by atoms with Crippen molar-refractivity contribution in [2.45, 2.75) is 128 Å². The van der Waals surface area contributed by atoms with Crippen molar-refractivity contribution in [2.75, 3.05) is 48.0 Å². The zero-order valence-electron chi connectivity index (χ0n) is 23.7. The van der Waals surface area contributed by atoms with E-state index in [1.54, 1.807) is 0 Å². The van der Waals surface area contributed by atoms with Crippen molar-refractivity contribution in [3.63, 3.8) is 0 Å². The number of phosphoric ester groups is 1. The van der Waals surface area contributed by atoms with Crippen LogP contribution in [0.3, 0.4) is 0 Å². The molecule has 0 aliphatic carbocycles. The van der Waals surface area contributed by atoms with E-state index in [0.717, 1.165) is 19.3 Å². The van der Waals surface area contributed by atoms with E-state index in [9.17, 15) is 9.46 Å². The molecule has 0 rings (SSSR count). The predicted octanol–water partition coefficient (Wildman–Crippen LogP) is 6.85. The first-order chi connectivity index (χ1) is 16.6. The Kier molecular flexibility index (Phi) is 22.0. The molecule has 3 unspecified atom stereocenters. The van der Waals surface area contributed by atoms with Gasteiger partial charge in [0.25, 0.3) is 0 Å². The van der Waals surface area contributed by atoms with Crippen molar-refractivity contribution in [3.8, 4) is 0 Å². The summed E-state index contributed by atoms with van der Waals surface area (Å²) in [4.78, 5) is 10.1. The van der Waals surface area contributed by atoms with Gasteiger partial charge < -0.3 is 19.2 Å². The average Bonchev–Trinajstić information content (AvgIpc) is 2.78. The molecule has 0 radical (unpaired) electrons. The molecule has 2 N–H and O–H groups in total. The molecule has 0 amide bonds. The Morgan fingerprint density at radius 3 is 1.54 bits per heavy atom. The molecule has 3 atom stereocenters. The zero-order valence-corrected chi connectivity index (χ0v) is 24.6. The third-order valence-corrected chi connectivity index (χ3v) is 7.41. The van der Waals surface area contributed by atoms with E-state index in [1.807, 2.05) is 21.1 Å². The van der Waals surface area contributed by atoms with Crippen LogP contribution < -0.4 is 0 Å². The van der Waals surface area contributed by atoms with Gasteiger partial charge in [0.15, 0.2) is 0 Å². The zero-order chi connectivity index (χ0) is 26.4. The molecule has 0 bridgehead atoms. The maximum Gasteiger partial charge on any atom is 0.472 e. The van der Waals surface area contributed by atoms with Gasteiger partial charge in [-0.2, -0.15) is 0 Å². The molecule has 0 aliphatic rings. The van der Waals surface area contributed by atoms with Crippen LogP contribution in [0.1, 0.15) is 116 Å². The molecular weight excluding hydrogens is 465 g/mol. The van der Waals surface area contributed by atoms with E-state index < -0.39 is 13.9 Å². The van der Waals surface area contributed by atoms with E-state index in [1.165, 1.54) is 97.0 Å². The summed E-state index contributed by atoms with van der Waals surface area (Å²) in [5.74, 6) is 0. The summed E-state index contributed by atoms with van der Waals surface area (Å²) in [5.41, 5.74) is 0. The number of ether oxygens (including phenoxy) is 1. The Hall–Kier alpha value is -0.0100. The summed E-state index contributed by atoms with van der Waals surface area (Å²) in [6.07, 6.45) is 20.9. The first-order valence-electron chi connectivity index (χ1n) is 14.2. The summed E-state index contributed by atoms with van der Waals surface area (Å²) < 4.78 is 28.6. The van der Waals surface area contributed by atoms with Gasteiger partial charge in [0.1, 0.15) is 18.8 Å². The van der Waals surface area contributed by atoms with Crippen molar-refractivity contribution in [3.05, 3.63) is 0 Å². The Morgan fingerprint density at radius 2 is 1.17 bits per heavy atom. The van der Waals surface area contributed by atoms with Gasteiger partial charge in [-0.25, -0.2) is 4.57 Å². The summed E-state index contributed by atoms with van der Waals surface area (Å²) >= 11 is 0. The number of unbranched alkanes of at least 4 members (excludes halogenated alkanes) is 15. The summed E-state index contributed by atoms with van der Waals surface area (Å²) in [5, 5.41) is 9.15. The normalized spacial score (nSPS) is 15.7. The molecule has 0 aromatic heterocycles. The molecule has 0 fully saturated rings. The van der Waals surface area contributed by atoms with Crippen molar-refractivity contribution >= 4 is 7.82 Å². The van der Waals surface area contributed by atoms with E-state index >= 15 is 0 Å². The molecule has 0 spiro atoms. The predicted molar refractivity (Wildman–Crippen MR) is 146 cm³/mol. The minimum absolute atomic E-state index is 0.184. The Balaban J connectivity index is 3.92. The Labute approximate surface area is 217 Å². The van der Waals surface area contributed by atoms with Gasteiger partial charge in [-0.3, -0.25) is 9.05 Å². The number of hydrogen-bond acceptors (Lipinski definition) is 5. The lowest BCUT2D eigenvalue weighted by molar-refractivity contribution is -0.873. The monoisotopic (exact) mass is 524 g/mol. The molecule has 0 saturated heterocycles. The van der Waals surface area contributed by atoms with Gasteiger partial charge in [0, 0.05) is 7.11 Å². The first kappa shape index (κ1) is 35.0. The lowest BCUT2D eigenvalue weighted by Crippen LogP contribution is -2.42. The highest BCUT2D eigenvalue weighted by Crippen LogP contribution is 2.45. The lowest BCUT2D eigenvalue weighted by Gasteiger charge is -2.30. The molecule has 7 nitrogen and oxygen atoms in total. The number of aliphatic hydroxyl groups is 1. The second-order valence-corrected chi connectivity index (χ2v) is 12.5. The standard InChI is InChI=1S/C27H58NO6P/c1-6-7-8-9-10-11-12-13-14-15-16-17-18-19-20-21-22-26(23-28(2,3)4)34-35(30,31)33-25-27(24-29)32-5/h26-27,29H,6-25H2,1-5H3/p+1. The van der Waals surface area contributed by atoms with E-state index in [-0.39, 0.29) is 19.3 Å². The summed E-state index contributed by atoms with van der Waals surface area (Å²) in [6.45, 7) is 2.43. The molecule has 0 heterocycles. The molecule has 0 aliphatic heterocycles. The van der Waals surface area contributed by atoms with Crippen molar-refractivity contribution in [1.82, 2.24) is 0 Å². The second kappa shape index (κ2) is 22.0. The number of nitrogens with zero attached hydrogens (tertiary/aromatic N) is 1. The highest BCUT2D eigenvalue weighted by atomic mass is 31.2. The number of rotatable bonds is 26. The van der Waals surface area contributed by atoms with Crippen LogP contribution in [0, 0.1) is 0 Å². The van der Waals surface area contributed by atoms with Crippen LogP contribution in [0.25, 0.3) is 0 Å².